The maximum Gasteiger partial charge on any atom is 0.163 e. The van der Waals surface area contributed by atoms with Crippen molar-refractivity contribution in [3.63, 3.8) is 0 Å². The van der Waals surface area contributed by atoms with Gasteiger partial charge in [-0.3, -0.25) is 4.99 Å². The molecule has 1 saturated carbocycles. The van der Waals surface area contributed by atoms with Crippen LogP contribution in [0.25, 0.3) is 0 Å². The second-order valence-corrected chi connectivity index (χ2v) is 6.26. The van der Waals surface area contributed by atoms with Gasteiger partial charge in [0, 0.05) is 18.2 Å². The number of halogens is 1. The molecule has 1 atom stereocenters. The van der Waals surface area contributed by atoms with Crippen LogP contribution < -0.4 is 15.4 Å². The van der Waals surface area contributed by atoms with E-state index in [0.29, 0.717) is 18.4 Å². The highest BCUT2D eigenvalue weighted by Gasteiger charge is 2.27. The lowest BCUT2D eigenvalue weighted by Gasteiger charge is -2.31. The minimum Gasteiger partial charge on any atom is -0.504 e. The fourth-order valence-electron chi connectivity index (χ4n) is 3.46. The number of benzene rings is 1. The largest absolute Gasteiger partial charge is 0.504 e. The van der Waals surface area contributed by atoms with E-state index in [-0.39, 0.29) is 24.2 Å². The van der Waals surface area contributed by atoms with Gasteiger partial charge in [0.1, 0.15) is 5.84 Å². The molecule has 5 nitrogen and oxygen atoms in total. The standard InChI is InChI=1S/C18H27N3O2.ClH/c1-2-23-15-10-6-9-14(17(15)22)16-18(20-12-11-19-16)21-13-7-4-3-5-8-13;/h6,9-10,13,16,19,22H,2-5,7-8,11-12H2,1H3,(H,20,21);1H. The molecule has 3 N–H and O–H groups in total. The molecule has 1 fully saturated rings. The first-order valence-electron chi connectivity index (χ1n) is 8.78. The van der Waals surface area contributed by atoms with Gasteiger partial charge in [0.2, 0.25) is 0 Å². The minimum absolute atomic E-state index is 0. The van der Waals surface area contributed by atoms with Gasteiger partial charge >= 0.3 is 0 Å². The van der Waals surface area contributed by atoms with Crippen LogP contribution in [-0.4, -0.2) is 36.7 Å². The number of hydrogen-bond donors (Lipinski definition) is 3. The lowest BCUT2D eigenvalue weighted by molar-refractivity contribution is 0.315. The minimum atomic E-state index is -0.0916. The molecule has 1 aromatic rings. The van der Waals surface area contributed by atoms with Gasteiger partial charge < -0.3 is 20.5 Å². The predicted octanol–water partition coefficient (Wildman–Crippen LogP) is 3.18. The highest BCUT2D eigenvalue weighted by molar-refractivity contribution is 5.90. The molecule has 0 saturated heterocycles. The Labute approximate surface area is 150 Å². The number of amidine groups is 1. The van der Waals surface area contributed by atoms with E-state index in [4.69, 9.17) is 4.74 Å². The number of nitrogens with one attached hydrogen (secondary N) is 2. The number of phenols is 1. The van der Waals surface area contributed by atoms with Gasteiger partial charge in [0.25, 0.3) is 0 Å². The number of rotatable bonds is 4. The van der Waals surface area contributed by atoms with Gasteiger partial charge in [-0.25, -0.2) is 0 Å². The van der Waals surface area contributed by atoms with Crippen molar-refractivity contribution in [2.45, 2.75) is 51.1 Å². The molecule has 6 heteroatoms. The third-order valence-electron chi connectivity index (χ3n) is 4.61. The summed E-state index contributed by atoms with van der Waals surface area (Å²) in [4.78, 5) is 4.69. The Balaban J connectivity index is 0.00000208. The summed E-state index contributed by atoms with van der Waals surface area (Å²) in [6.07, 6.45) is 6.32. The molecule has 0 aromatic heterocycles. The van der Waals surface area contributed by atoms with Crippen molar-refractivity contribution in [2.75, 3.05) is 19.7 Å². The van der Waals surface area contributed by atoms with Crippen LogP contribution in [0.2, 0.25) is 0 Å². The van der Waals surface area contributed by atoms with Crippen molar-refractivity contribution < 1.29 is 9.84 Å². The Morgan fingerprint density at radius 3 is 2.83 bits per heavy atom. The molecule has 0 spiro atoms. The van der Waals surface area contributed by atoms with Crippen LogP contribution in [0.5, 0.6) is 11.5 Å². The van der Waals surface area contributed by atoms with E-state index in [2.05, 4.69) is 15.6 Å². The fraction of sp³-hybridized carbons (Fsp3) is 0.611. The molecule has 0 amide bonds. The van der Waals surface area contributed by atoms with Gasteiger partial charge in [0.15, 0.2) is 11.5 Å². The van der Waals surface area contributed by atoms with Crippen molar-refractivity contribution in [2.24, 2.45) is 4.99 Å². The lowest BCUT2D eigenvalue weighted by atomic mass is 9.94. The summed E-state index contributed by atoms with van der Waals surface area (Å²) in [7, 11) is 0. The molecule has 1 aromatic carbocycles. The van der Waals surface area contributed by atoms with Crippen molar-refractivity contribution in [1.29, 1.82) is 0 Å². The molecular formula is C18H28ClN3O2. The molecule has 2 aliphatic rings. The summed E-state index contributed by atoms with van der Waals surface area (Å²) in [5.41, 5.74) is 0.831. The summed E-state index contributed by atoms with van der Waals surface area (Å²) >= 11 is 0. The van der Waals surface area contributed by atoms with E-state index in [1.54, 1.807) is 6.07 Å². The van der Waals surface area contributed by atoms with Crippen molar-refractivity contribution in [3.05, 3.63) is 23.8 Å². The maximum absolute atomic E-state index is 10.5. The molecular weight excluding hydrogens is 326 g/mol. The molecule has 134 valence electrons. The smallest absolute Gasteiger partial charge is 0.163 e. The number of para-hydroxylation sites is 1. The van der Waals surface area contributed by atoms with E-state index in [0.717, 1.165) is 24.5 Å². The molecule has 0 radical (unpaired) electrons. The Morgan fingerprint density at radius 2 is 2.08 bits per heavy atom. The average molecular weight is 354 g/mol. The van der Waals surface area contributed by atoms with E-state index in [1.165, 1.54) is 32.1 Å². The monoisotopic (exact) mass is 353 g/mol. The van der Waals surface area contributed by atoms with Crippen LogP contribution in [-0.2, 0) is 0 Å². The molecule has 1 heterocycles. The van der Waals surface area contributed by atoms with E-state index in [1.807, 2.05) is 19.1 Å². The molecule has 24 heavy (non-hydrogen) atoms. The summed E-state index contributed by atoms with van der Waals surface area (Å²) < 4.78 is 5.52. The van der Waals surface area contributed by atoms with Gasteiger partial charge in [-0.1, -0.05) is 31.4 Å². The Morgan fingerprint density at radius 1 is 1.29 bits per heavy atom. The van der Waals surface area contributed by atoms with Gasteiger partial charge in [-0.15, -0.1) is 12.4 Å². The zero-order valence-corrected chi connectivity index (χ0v) is 15.1. The quantitative estimate of drug-likeness (QED) is 0.777. The Bertz CT molecular complexity index is 559. The van der Waals surface area contributed by atoms with Crippen LogP contribution in [0.1, 0.15) is 50.6 Å². The summed E-state index contributed by atoms with van der Waals surface area (Å²) in [6.45, 7) is 4.05. The molecule has 0 bridgehead atoms. The van der Waals surface area contributed by atoms with E-state index < -0.39 is 0 Å². The molecule has 1 unspecified atom stereocenters. The maximum atomic E-state index is 10.5. The van der Waals surface area contributed by atoms with Crippen LogP contribution in [0, 0.1) is 0 Å². The number of hydrogen-bond acceptors (Lipinski definition) is 5. The number of ether oxygens (including phenoxy) is 1. The van der Waals surface area contributed by atoms with Gasteiger partial charge in [-0.05, 0) is 25.8 Å². The fourth-order valence-corrected chi connectivity index (χ4v) is 3.46. The normalized spacial score (nSPS) is 21.5. The first kappa shape index (κ1) is 18.9. The molecule has 1 aliphatic carbocycles. The van der Waals surface area contributed by atoms with Crippen molar-refractivity contribution in [3.8, 4) is 11.5 Å². The lowest BCUT2D eigenvalue weighted by Crippen LogP contribution is -2.46. The zero-order valence-electron chi connectivity index (χ0n) is 14.3. The van der Waals surface area contributed by atoms with Crippen LogP contribution in [0.15, 0.2) is 23.2 Å². The highest BCUT2D eigenvalue weighted by Crippen LogP contribution is 2.34. The summed E-state index contributed by atoms with van der Waals surface area (Å²) in [5, 5.41) is 17.6. The summed E-state index contributed by atoms with van der Waals surface area (Å²) in [6, 6.07) is 6.08. The first-order chi connectivity index (χ1) is 11.3. The number of phenolic OH excluding ortho intramolecular Hbond substituents is 1. The highest BCUT2D eigenvalue weighted by atomic mass is 35.5. The molecule has 3 rings (SSSR count). The Kier molecular flexibility index (Phi) is 7.18. The number of aliphatic imine (C=N–C) groups is 1. The number of aromatic hydroxyl groups is 1. The van der Waals surface area contributed by atoms with E-state index in [9.17, 15) is 5.11 Å². The summed E-state index contributed by atoms with van der Waals surface area (Å²) in [5.74, 6) is 1.70. The van der Waals surface area contributed by atoms with Crippen molar-refractivity contribution in [1.82, 2.24) is 10.6 Å². The van der Waals surface area contributed by atoms with Gasteiger partial charge in [0.05, 0.1) is 19.2 Å². The average Bonchev–Trinajstić information content (AvgIpc) is 2.59. The van der Waals surface area contributed by atoms with Crippen molar-refractivity contribution >= 4 is 18.2 Å². The molecule has 1 aliphatic heterocycles. The van der Waals surface area contributed by atoms with Gasteiger partial charge in [-0.2, -0.15) is 0 Å². The Hall–Kier alpha value is -1.46. The van der Waals surface area contributed by atoms with Crippen LogP contribution in [0.4, 0.5) is 0 Å². The predicted molar refractivity (Wildman–Crippen MR) is 99.6 cm³/mol. The third kappa shape index (κ3) is 4.33. The van der Waals surface area contributed by atoms with Crippen LogP contribution >= 0.6 is 12.4 Å². The van der Waals surface area contributed by atoms with E-state index >= 15 is 0 Å². The van der Waals surface area contributed by atoms with Crippen LogP contribution in [0.3, 0.4) is 0 Å². The number of nitrogens with zero attached hydrogens (tertiary/aromatic N) is 1. The second-order valence-electron chi connectivity index (χ2n) is 6.26. The second kappa shape index (κ2) is 9.14. The third-order valence-corrected chi connectivity index (χ3v) is 4.61. The topological polar surface area (TPSA) is 65.9 Å². The first-order valence-corrected chi connectivity index (χ1v) is 8.78. The SMILES string of the molecule is CCOc1cccc(C2NCCN=C2NC2CCCCC2)c1O.Cl. The zero-order chi connectivity index (χ0) is 16.1.